The van der Waals surface area contributed by atoms with Gasteiger partial charge in [-0.2, -0.15) is 0 Å². The lowest BCUT2D eigenvalue weighted by atomic mass is 10.1. The van der Waals surface area contributed by atoms with Crippen molar-refractivity contribution in [2.75, 3.05) is 0 Å². The van der Waals surface area contributed by atoms with Crippen molar-refractivity contribution in [1.29, 1.82) is 0 Å². The van der Waals surface area contributed by atoms with Crippen LogP contribution in [-0.4, -0.2) is 11.1 Å². The van der Waals surface area contributed by atoms with E-state index in [1.807, 2.05) is 0 Å². The van der Waals surface area contributed by atoms with Crippen molar-refractivity contribution in [3.05, 3.63) is 9.66 Å². The van der Waals surface area contributed by atoms with E-state index in [-0.39, 0.29) is 11.1 Å². The molecule has 0 saturated heterocycles. The number of halogens is 1. The van der Waals surface area contributed by atoms with Crippen molar-refractivity contribution in [3.63, 3.8) is 0 Å². The smallest absolute Gasteiger partial charge is 0.0439 e. The summed E-state index contributed by atoms with van der Waals surface area (Å²) < 4.78 is 1.41. The van der Waals surface area contributed by atoms with Gasteiger partial charge in [-0.15, -0.1) is 0 Å². The molecule has 0 saturated carbocycles. The lowest BCUT2D eigenvalue weighted by Crippen LogP contribution is -2.45. The van der Waals surface area contributed by atoms with Crippen molar-refractivity contribution in [2.45, 2.75) is 38.8 Å². The van der Waals surface area contributed by atoms with Gasteiger partial charge in [0, 0.05) is 14.7 Å². The van der Waals surface area contributed by atoms with Crippen LogP contribution in [0.4, 0.5) is 0 Å². The van der Waals surface area contributed by atoms with Gasteiger partial charge in [0.05, 0.1) is 0 Å². The van der Waals surface area contributed by atoms with Crippen LogP contribution in [0.2, 0.25) is 0 Å². The molecule has 0 fully saturated rings. The molecule has 1 N–H and O–H groups in total. The Kier molecular flexibility index (Phi) is 1.88. The highest BCUT2D eigenvalue weighted by atomic mass is 127. The lowest BCUT2D eigenvalue weighted by Gasteiger charge is -2.26. The quantitative estimate of drug-likeness (QED) is 0.652. The molecule has 1 heterocycles. The molecule has 0 aromatic heterocycles. The predicted molar refractivity (Wildman–Crippen MR) is 53.4 cm³/mol. The highest BCUT2D eigenvalue weighted by Crippen LogP contribution is 2.33. The summed E-state index contributed by atoms with van der Waals surface area (Å²) in [6.07, 6.45) is 2.29. The van der Waals surface area contributed by atoms with Gasteiger partial charge >= 0.3 is 0 Å². The Morgan fingerprint density at radius 3 is 1.90 bits per heavy atom. The van der Waals surface area contributed by atoms with E-state index < -0.39 is 0 Å². The average Bonchev–Trinajstić information content (AvgIpc) is 1.73. The van der Waals surface area contributed by atoms with Crippen LogP contribution in [0.1, 0.15) is 27.7 Å². The molecule has 0 aliphatic carbocycles. The van der Waals surface area contributed by atoms with E-state index in [2.05, 4.69) is 61.7 Å². The second-order valence-corrected chi connectivity index (χ2v) is 5.13. The molecule has 58 valence electrons. The first-order valence-electron chi connectivity index (χ1n) is 3.52. The number of hydrogen-bond donors (Lipinski definition) is 1. The van der Waals surface area contributed by atoms with Crippen LogP contribution in [0, 0.1) is 0 Å². The fourth-order valence-electron chi connectivity index (χ4n) is 1.40. The van der Waals surface area contributed by atoms with Crippen LogP contribution in [0.5, 0.6) is 0 Å². The summed E-state index contributed by atoms with van der Waals surface area (Å²) >= 11 is 2.40. The minimum absolute atomic E-state index is 0.181. The highest BCUT2D eigenvalue weighted by molar-refractivity contribution is 14.1. The van der Waals surface area contributed by atoms with E-state index in [4.69, 9.17) is 0 Å². The zero-order valence-corrected chi connectivity index (χ0v) is 9.11. The summed E-state index contributed by atoms with van der Waals surface area (Å²) in [5.74, 6) is 0. The maximum absolute atomic E-state index is 3.52. The molecule has 0 spiro atoms. The molecule has 1 aliphatic rings. The van der Waals surface area contributed by atoms with Gasteiger partial charge in [-0.1, -0.05) is 6.08 Å². The van der Waals surface area contributed by atoms with Gasteiger partial charge < -0.3 is 0 Å². The molecule has 0 aromatic rings. The van der Waals surface area contributed by atoms with Crippen molar-refractivity contribution < 1.29 is 0 Å². The van der Waals surface area contributed by atoms with E-state index in [1.165, 1.54) is 3.58 Å². The van der Waals surface area contributed by atoms with Crippen LogP contribution in [0.25, 0.3) is 0 Å². The minimum atomic E-state index is 0.181. The van der Waals surface area contributed by atoms with Gasteiger partial charge in [-0.3, -0.25) is 5.32 Å². The molecule has 0 amide bonds. The molecular weight excluding hydrogens is 237 g/mol. The second kappa shape index (κ2) is 2.21. The summed E-state index contributed by atoms with van der Waals surface area (Å²) in [6, 6.07) is 0. The largest absolute Gasteiger partial charge is 0.299 e. The first-order valence-corrected chi connectivity index (χ1v) is 4.60. The van der Waals surface area contributed by atoms with Gasteiger partial charge in [0.2, 0.25) is 0 Å². The third-order valence-electron chi connectivity index (χ3n) is 1.72. The first-order chi connectivity index (χ1) is 4.33. The highest BCUT2D eigenvalue weighted by Gasteiger charge is 2.35. The molecule has 0 atom stereocenters. The van der Waals surface area contributed by atoms with Crippen molar-refractivity contribution in [1.82, 2.24) is 5.32 Å². The average molecular weight is 251 g/mol. The summed E-state index contributed by atoms with van der Waals surface area (Å²) in [4.78, 5) is 0. The standard InChI is InChI=1S/C8H14IN/c1-7(2)5-6(9)8(3,4)10-7/h5,10H,1-4H3. The van der Waals surface area contributed by atoms with E-state index in [0.29, 0.717) is 0 Å². The maximum atomic E-state index is 3.52. The van der Waals surface area contributed by atoms with Gasteiger partial charge in [-0.25, -0.2) is 0 Å². The normalized spacial score (nSPS) is 28.3. The number of hydrogen-bond acceptors (Lipinski definition) is 1. The van der Waals surface area contributed by atoms with Gasteiger partial charge in [0.1, 0.15) is 0 Å². The first kappa shape index (κ1) is 8.53. The van der Waals surface area contributed by atoms with E-state index in [0.717, 1.165) is 0 Å². The summed E-state index contributed by atoms with van der Waals surface area (Å²) in [7, 11) is 0. The SMILES string of the molecule is CC1(C)C=C(I)C(C)(C)N1. The molecule has 0 radical (unpaired) electrons. The Labute approximate surface area is 76.4 Å². The maximum Gasteiger partial charge on any atom is 0.0439 e. The minimum Gasteiger partial charge on any atom is -0.299 e. The zero-order valence-electron chi connectivity index (χ0n) is 6.96. The molecule has 10 heavy (non-hydrogen) atoms. The third-order valence-corrected chi connectivity index (χ3v) is 3.38. The Morgan fingerprint density at radius 1 is 1.30 bits per heavy atom. The fraction of sp³-hybridized carbons (Fsp3) is 0.750. The molecule has 0 unspecified atom stereocenters. The van der Waals surface area contributed by atoms with Crippen LogP contribution in [0.3, 0.4) is 0 Å². The molecular formula is C8H14IN. The van der Waals surface area contributed by atoms with E-state index in [9.17, 15) is 0 Å². The fourth-order valence-corrected chi connectivity index (χ4v) is 2.31. The van der Waals surface area contributed by atoms with Crippen LogP contribution in [0.15, 0.2) is 9.66 Å². The summed E-state index contributed by atoms with van der Waals surface area (Å²) in [6.45, 7) is 8.81. The van der Waals surface area contributed by atoms with Gasteiger partial charge in [-0.05, 0) is 50.3 Å². The van der Waals surface area contributed by atoms with Gasteiger partial charge in [0.25, 0.3) is 0 Å². The number of nitrogens with one attached hydrogen (secondary N) is 1. The van der Waals surface area contributed by atoms with Crippen molar-refractivity contribution in [2.24, 2.45) is 0 Å². The van der Waals surface area contributed by atoms with Gasteiger partial charge in [0.15, 0.2) is 0 Å². The van der Waals surface area contributed by atoms with E-state index >= 15 is 0 Å². The van der Waals surface area contributed by atoms with Crippen LogP contribution in [-0.2, 0) is 0 Å². The lowest BCUT2D eigenvalue weighted by molar-refractivity contribution is 0.396. The molecule has 1 nitrogen and oxygen atoms in total. The molecule has 1 rings (SSSR count). The Bertz CT molecular complexity index is 180. The number of rotatable bonds is 0. The summed E-state index contributed by atoms with van der Waals surface area (Å²) in [5, 5.41) is 3.52. The molecule has 0 bridgehead atoms. The molecule has 2 heteroatoms. The Hall–Kier alpha value is 0.430. The van der Waals surface area contributed by atoms with Crippen molar-refractivity contribution >= 4 is 22.6 Å². The molecule has 1 aliphatic heterocycles. The van der Waals surface area contributed by atoms with Crippen LogP contribution >= 0.6 is 22.6 Å². The topological polar surface area (TPSA) is 12.0 Å². The third kappa shape index (κ3) is 1.53. The van der Waals surface area contributed by atoms with Crippen molar-refractivity contribution in [3.8, 4) is 0 Å². The van der Waals surface area contributed by atoms with E-state index in [1.54, 1.807) is 0 Å². The predicted octanol–water partition coefficient (Wildman–Crippen LogP) is 2.47. The molecule has 0 aromatic carbocycles. The zero-order chi connectivity index (χ0) is 7.99. The monoisotopic (exact) mass is 251 g/mol. The second-order valence-electron chi connectivity index (χ2n) is 3.96. The summed E-state index contributed by atoms with van der Waals surface area (Å²) in [5.41, 5.74) is 0.365. The Morgan fingerprint density at radius 2 is 1.80 bits per heavy atom. The van der Waals surface area contributed by atoms with Crippen LogP contribution < -0.4 is 5.32 Å². The Balaban J connectivity index is 2.89.